The van der Waals surface area contributed by atoms with Gasteiger partial charge in [0.25, 0.3) is 0 Å². The smallest absolute Gasteiger partial charge is 0.336 e. The van der Waals surface area contributed by atoms with Crippen molar-refractivity contribution >= 4 is 5.97 Å². The summed E-state index contributed by atoms with van der Waals surface area (Å²) in [5.41, 5.74) is 3.89. The van der Waals surface area contributed by atoms with Crippen LogP contribution < -0.4 is 0 Å². The molecule has 174 valence electrons. The Hall–Kier alpha value is -3.80. The summed E-state index contributed by atoms with van der Waals surface area (Å²) in [4.78, 5) is 21.0. The fourth-order valence-corrected chi connectivity index (χ4v) is 4.03. The number of hydrogen-bond acceptors (Lipinski definition) is 4. The van der Waals surface area contributed by atoms with Crippen LogP contribution in [0.3, 0.4) is 0 Å². The second-order valence-electron chi connectivity index (χ2n) is 8.43. The number of unbranched alkanes of at least 4 members (excludes halogenated alkanes) is 2. The Labute approximate surface area is 200 Å². The van der Waals surface area contributed by atoms with Crippen LogP contribution in [-0.4, -0.2) is 30.8 Å². The van der Waals surface area contributed by atoms with Crippen molar-refractivity contribution in [2.45, 2.75) is 52.0 Å². The molecule has 0 saturated heterocycles. The molecule has 0 spiro atoms. The average molecular weight is 455 g/mol. The number of rotatable bonds is 11. The van der Waals surface area contributed by atoms with Gasteiger partial charge in [-0.25, -0.2) is 14.5 Å². The summed E-state index contributed by atoms with van der Waals surface area (Å²) in [6.45, 7) is 3.05. The minimum absolute atomic E-state index is 0.274. The number of pyridine rings is 1. The minimum atomic E-state index is -0.942. The van der Waals surface area contributed by atoms with E-state index < -0.39 is 5.97 Å². The van der Waals surface area contributed by atoms with Crippen molar-refractivity contribution in [3.05, 3.63) is 101 Å². The van der Waals surface area contributed by atoms with E-state index in [1.807, 2.05) is 35.0 Å². The SMILES string of the molecule is CCCCCn1nc(CCc2ccccc2)nc1Cc1ccc(-c2ccccc2C(=O)O)cn1. The molecule has 0 fully saturated rings. The number of hydrogen-bond donors (Lipinski definition) is 1. The van der Waals surface area contributed by atoms with E-state index >= 15 is 0 Å². The fourth-order valence-electron chi connectivity index (χ4n) is 4.03. The van der Waals surface area contributed by atoms with E-state index in [4.69, 9.17) is 10.1 Å². The van der Waals surface area contributed by atoms with Gasteiger partial charge in [-0.15, -0.1) is 0 Å². The highest BCUT2D eigenvalue weighted by Crippen LogP contribution is 2.23. The van der Waals surface area contributed by atoms with Crippen molar-refractivity contribution in [1.29, 1.82) is 0 Å². The van der Waals surface area contributed by atoms with Crippen molar-refractivity contribution in [2.75, 3.05) is 0 Å². The molecule has 0 aliphatic carbocycles. The molecule has 1 N–H and O–H groups in total. The number of aromatic nitrogens is 4. The maximum atomic E-state index is 11.6. The molecule has 4 rings (SSSR count). The second-order valence-corrected chi connectivity index (χ2v) is 8.43. The summed E-state index contributed by atoms with van der Waals surface area (Å²) < 4.78 is 2.03. The van der Waals surface area contributed by atoms with Gasteiger partial charge in [-0.3, -0.25) is 4.98 Å². The molecule has 2 aromatic heterocycles. The number of aromatic carboxylic acids is 1. The zero-order chi connectivity index (χ0) is 23.8. The van der Waals surface area contributed by atoms with Crippen LogP contribution in [0.2, 0.25) is 0 Å². The molecule has 34 heavy (non-hydrogen) atoms. The van der Waals surface area contributed by atoms with Crippen LogP contribution in [0.1, 0.15) is 59.5 Å². The van der Waals surface area contributed by atoms with Gasteiger partial charge in [-0.2, -0.15) is 5.10 Å². The molecule has 0 atom stereocenters. The van der Waals surface area contributed by atoms with Crippen LogP contribution in [0, 0.1) is 0 Å². The first-order valence-corrected chi connectivity index (χ1v) is 11.9. The van der Waals surface area contributed by atoms with Crippen LogP contribution in [0.5, 0.6) is 0 Å². The summed E-state index contributed by atoms with van der Waals surface area (Å²) in [5.74, 6) is 0.843. The fraction of sp³-hybridized carbons (Fsp3) is 0.286. The molecule has 2 heterocycles. The third-order valence-corrected chi connectivity index (χ3v) is 5.88. The molecule has 0 aliphatic heterocycles. The van der Waals surface area contributed by atoms with Crippen molar-refractivity contribution in [3.8, 4) is 11.1 Å². The van der Waals surface area contributed by atoms with E-state index in [9.17, 15) is 9.90 Å². The molecule has 6 nitrogen and oxygen atoms in total. The predicted octanol–water partition coefficient (Wildman–Crippen LogP) is 5.60. The third kappa shape index (κ3) is 5.95. The van der Waals surface area contributed by atoms with Crippen molar-refractivity contribution < 1.29 is 9.90 Å². The highest BCUT2D eigenvalue weighted by molar-refractivity contribution is 5.95. The van der Waals surface area contributed by atoms with Gasteiger partial charge in [0.2, 0.25) is 0 Å². The summed E-state index contributed by atoms with van der Waals surface area (Å²) in [5, 5.41) is 14.3. The first kappa shape index (κ1) is 23.4. The summed E-state index contributed by atoms with van der Waals surface area (Å²) in [6, 6.07) is 21.3. The van der Waals surface area contributed by atoms with E-state index in [0.29, 0.717) is 12.0 Å². The Bertz CT molecular complexity index is 1220. The molecule has 0 radical (unpaired) electrons. The number of nitrogens with zero attached hydrogens (tertiary/aromatic N) is 4. The van der Waals surface area contributed by atoms with Crippen LogP contribution in [0.4, 0.5) is 0 Å². The molecule has 0 unspecified atom stereocenters. The maximum absolute atomic E-state index is 11.6. The first-order valence-electron chi connectivity index (χ1n) is 11.9. The van der Waals surface area contributed by atoms with E-state index in [-0.39, 0.29) is 5.56 Å². The van der Waals surface area contributed by atoms with E-state index in [2.05, 4.69) is 36.2 Å². The first-order chi connectivity index (χ1) is 16.6. The molecule has 0 saturated carbocycles. The van der Waals surface area contributed by atoms with Gasteiger partial charge in [-0.05, 0) is 36.1 Å². The van der Waals surface area contributed by atoms with Gasteiger partial charge < -0.3 is 5.11 Å². The van der Waals surface area contributed by atoms with Crippen molar-refractivity contribution in [3.63, 3.8) is 0 Å². The number of carboxylic acids is 1. The Balaban J connectivity index is 1.51. The molecular formula is C28H30N4O2. The zero-order valence-corrected chi connectivity index (χ0v) is 19.5. The number of aryl methyl sites for hydroxylation is 3. The van der Waals surface area contributed by atoms with Crippen molar-refractivity contribution in [2.24, 2.45) is 0 Å². The van der Waals surface area contributed by atoms with Gasteiger partial charge >= 0.3 is 5.97 Å². The molecular weight excluding hydrogens is 424 g/mol. The number of carbonyl (C=O) groups is 1. The van der Waals surface area contributed by atoms with Crippen LogP contribution >= 0.6 is 0 Å². The lowest BCUT2D eigenvalue weighted by molar-refractivity contribution is 0.0697. The van der Waals surface area contributed by atoms with E-state index in [1.54, 1.807) is 18.3 Å². The molecule has 2 aromatic carbocycles. The summed E-state index contributed by atoms with van der Waals surface area (Å²) in [7, 11) is 0. The van der Waals surface area contributed by atoms with Gasteiger partial charge in [0, 0.05) is 36.8 Å². The van der Waals surface area contributed by atoms with Crippen LogP contribution in [0.25, 0.3) is 11.1 Å². The van der Waals surface area contributed by atoms with Crippen LogP contribution in [0.15, 0.2) is 72.9 Å². The maximum Gasteiger partial charge on any atom is 0.336 e. The lowest BCUT2D eigenvalue weighted by Gasteiger charge is -2.08. The number of carboxylic acid groups (broad SMARTS) is 1. The Morgan fingerprint density at radius 1 is 0.941 bits per heavy atom. The lowest BCUT2D eigenvalue weighted by atomic mass is 10.0. The third-order valence-electron chi connectivity index (χ3n) is 5.88. The van der Waals surface area contributed by atoms with Gasteiger partial charge in [-0.1, -0.05) is 74.4 Å². The van der Waals surface area contributed by atoms with Gasteiger partial charge in [0.1, 0.15) is 5.82 Å². The minimum Gasteiger partial charge on any atom is -0.478 e. The molecule has 0 amide bonds. The van der Waals surface area contributed by atoms with E-state index in [1.165, 1.54) is 5.56 Å². The highest BCUT2D eigenvalue weighted by atomic mass is 16.4. The van der Waals surface area contributed by atoms with Crippen molar-refractivity contribution in [1.82, 2.24) is 19.7 Å². The van der Waals surface area contributed by atoms with Crippen LogP contribution in [-0.2, 0) is 25.8 Å². The van der Waals surface area contributed by atoms with Gasteiger partial charge in [0.15, 0.2) is 5.82 Å². The lowest BCUT2D eigenvalue weighted by Crippen LogP contribution is -2.07. The topological polar surface area (TPSA) is 80.9 Å². The highest BCUT2D eigenvalue weighted by Gasteiger charge is 2.14. The predicted molar refractivity (Wildman–Crippen MR) is 133 cm³/mol. The van der Waals surface area contributed by atoms with Gasteiger partial charge in [0.05, 0.1) is 5.56 Å². The summed E-state index contributed by atoms with van der Waals surface area (Å²) >= 11 is 0. The Kier molecular flexibility index (Phi) is 7.81. The Morgan fingerprint density at radius 3 is 2.47 bits per heavy atom. The normalized spacial score (nSPS) is 11.0. The molecule has 0 aliphatic rings. The molecule has 6 heteroatoms. The largest absolute Gasteiger partial charge is 0.478 e. The monoisotopic (exact) mass is 454 g/mol. The standard InChI is InChI=1S/C28H30N4O2/c1-2-3-9-18-32-27(30-26(31-32)17-14-21-10-5-4-6-11-21)19-23-16-15-22(20-29-23)24-12-7-8-13-25(24)28(33)34/h4-8,10-13,15-16,20H,2-3,9,14,17-19H2,1H3,(H,33,34). The molecule has 4 aromatic rings. The number of benzene rings is 2. The van der Waals surface area contributed by atoms with E-state index in [0.717, 1.165) is 61.6 Å². The quantitative estimate of drug-likeness (QED) is 0.298. The molecule has 0 bridgehead atoms. The Morgan fingerprint density at radius 2 is 1.74 bits per heavy atom. The zero-order valence-electron chi connectivity index (χ0n) is 19.5. The average Bonchev–Trinajstić information content (AvgIpc) is 3.25. The second kappa shape index (κ2) is 11.4. The summed E-state index contributed by atoms with van der Waals surface area (Å²) in [6.07, 6.45) is 7.44.